The van der Waals surface area contributed by atoms with Crippen molar-refractivity contribution in [3.8, 4) is 5.75 Å². The molecule has 1 aliphatic heterocycles. The van der Waals surface area contributed by atoms with Gasteiger partial charge < -0.3 is 20.3 Å². The fourth-order valence-electron chi connectivity index (χ4n) is 4.05. The van der Waals surface area contributed by atoms with Crippen LogP contribution in [0, 0.1) is 0 Å². The van der Waals surface area contributed by atoms with Gasteiger partial charge in [-0.1, -0.05) is 24.3 Å². The number of hydrogen-bond donors (Lipinski definition) is 2. The Kier molecular flexibility index (Phi) is 7.77. The van der Waals surface area contributed by atoms with Crippen molar-refractivity contribution in [2.45, 2.75) is 25.8 Å². The molecule has 0 atom stereocenters. The number of hydrogen-bond acceptors (Lipinski definition) is 4. The van der Waals surface area contributed by atoms with Crippen LogP contribution in [0.2, 0.25) is 0 Å². The molecular weight excluding hydrogens is 442 g/mol. The summed E-state index contributed by atoms with van der Waals surface area (Å²) in [6.07, 6.45) is 3.28. The smallest absolute Gasteiger partial charge is 0.255 e. The molecule has 2 N–H and O–H groups in total. The molecule has 0 radical (unpaired) electrons. The number of piperidine rings is 1. The number of amides is 3. The largest absolute Gasteiger partial charge is 0.497 e. The second kappa shape index (κ2) is 11.3. The van der Waals surface area contributed by atoms with Crippen molar-refractivity contribution in [2.24, 2.45) is 0 Å². The number of para-hydroxylation sites is 1. The standard InChI is InChI=1S/C28H29N3O4/c1-35-23-15-13-21(14-16-23)26(32)30-25-8-4-3-7-24(25)27(33)29-19-20-9-11-22(12-10-20)28(34)31-17-5-2-6-18-31/h3-4,7-16H,2,5-6,17-19H2,1H3,(H,29,33)(H,30,32). The number of carbonyl (C=O) groups is 3. The van der Waals surface area contributed by atoms with Crippen LogP contribution >= 0.6 is 0 Å². The normalized spacial score (nSPS) is 13.1. The van der Waals surface area contributed by atoms with E-state index in [1.165, 1.54) is 6.42 Å². The summed E-state index contributed by atoms with van der Waals surface area (Å²) in [4.78, 5) is 40.1. The molecule has 0 aromatic heterocycles. The zero-order valence-corrected chi connectivity index (χ0v) is 19.8. The first-order valence-electron chi connectivity index (χ1n) is 11.8. The average Bonchev–Trinajstić information content (AvgIpc) is 2.92. The van der Waals surface area contributed by atoms with Gasteiger partial charge in [0.1, 0.15) is 5.75 Å². The Balaban J connectivity index is 1.37. The Morgan fingerprint density at radius 2 is 1.46 bits per heavy atom. The third kappa shape index (κ3) is 6.06. The number of ether oxygens (including phenoxy) is 1. The van der Waals surface area contributed by atoms with E-state index in [2.05, 4.69) is 10.6 Å². The number of methoxy groups -OCH3 is 1. The number of rotatable bonds is 7. The van der Waals surface area contributed by atoms with E-state index in [0.29, 0.717) is 34.7 Å². The van der Waals surface area contributed by atoms with Crippen molar-refractivity contribution >= 4 is 23.4 Å². The second-order valence-corrected chi connectivity index (χ2v) is 8.46. The first-order valence-corrected chi connectivity index (χ1v) is 11.8. The van der Waals surface area contributed by atoms with Crippen LogP contribution in [0.4, 0.5) is 5.69 Å². The average molecular weight is 472 g/mol. The van der Waals surface area contributed by atoms with Gasteiger partial charge in [0.2, 0.25) is 0 Å². The van der Waals surface area contributed by atoms with Crippen LogP contribution in [0.25, 0.3) is 0 Å². The Bertz CT molecular complexity index is 1180. The number of nitrogens with zero attached hydrogens (tertiary/aromatic N) is 1. The first kappa shape index (κ1) is 24.0. The summed E-state index contributed by atoms with van der Waals surface area (Å²) in [5.41, 5.74) is 2.79. The zero-order chi connectivity index (χ0) is 24.6. The number of likely N-dealkylation sites (tertiary alicyclic amines) is 1. The molecule has 3 aromatic carbocycles. The maximum Gasteiger partial charge on any atom is 0.255 e. The van der Waals surface area contributed by atoms with E-state index in [1.807, 2.05) is 17.0 Å². The van der Waals surface area contributed by atoms with E-state index in [4.69, 9.17) is 4.74 Å². The van der Waals surface area contributed by atoms with Crippen molar-refractivity contribution in [1.82, 2.24) is 10.2 Å². The Morgan fingerprint density at radius 1 is 0.800 bits per heavy atom. The van der Waals surface area contributed by atoms with E-state index >= 15 is 0 Å². The molecule has 180 valence electrons. The van der Waals surface area contributed by atoms with Crippen LogP contribution < -0.4 is 15.4 Å². The predicted octanol–water partition coefficient (Wildman–Crippen LogP) is 4.50. The Labute approximate surface area is 205 Å². The fraction of sp³-hybridized carbons (Fsp3) is 0.250. The molecule has 0 unspecified atom stereocenters. The van der Waals surface area contributed by atoms with Crippen LogP contribution in [0.3, 0.4) is 0 Å². The lowest BCUT2D eigenvalue weighted by atomic mass is 10.1. The van der Waals surface area contributed by atoms with E-state index in [1.54, 1.807) is 67.8 Å². The summed E-state index contributed by atoms with van der Waals surface area (Å²) in [6, 6.07) is 20.9. The first-order chi connectivity index (χ1) is 17.0. The summed E-state index contributed by atoms with van der Waals surface area (Å²) >= 11 is 0. The number of carbonyl (C=O) groups excluding carboxylic acids is 3. The number of nitrogens with one attached hydrogen (secondary N) is 2. The highest BCUT2D eigenvalue weighted by Gasteiger charge is 2.18. The molecule has 7 heteroatoms. The molecule has 35 heavy (non-hydrogen) atoms. The van der Waals surface area contributed by atoms with Gasteiger partial charge in [-0.2, -0.15) is 0 Å². The minimum Gasteiger partial charge on any atom is -0.497 e. The van der Waals surface area contributed by atoms with Crippen LogP contribution in [0.15, 0.2) is 72.8 Å². The van der Waals surface area contributed by atoms with Crippen molar-refractivity contribution in [1.29, 1.82) is 0 Å². The van der Waals surface area contributed by atoms with Gasteiger partial charge in [0.25, 0.3) is 17.7 Å². The molecule has 0 saturated carbocycles. The second-order valence-electron chi connectivity index (χ2n) is 8.46. The molecule has 1 aliphatic rings. The monoisotopic (exact) mass is 471 g/mol. The summed E-state index contributed by atoms with van der Waals surface area (Å²) in [5.74, 6) is 0.0954. The molecule has 0 bridgehead atoms. The molecule has 3 aromatic rings. The van der Waals surface area contributed by atoms with Crippen LogP contribution in [0.5, 0.6) is 5.75 Å². The van der Waals surface area contributed by atoms with E-state index in [-0.39, 0.29) is 17.7 Å². The van der Waals surface area contributed by atoms with Crippen molar-refractivity contribution in [3.05, 3.63) is 95.1 Å². The van der Waals surface area contributed by atoms with Crippen LogP contribution in [-0.4, -0.2) is 42.8 Å². The molecule has 3 amide bonds. The SMILES string of the molecule is COc1ccc(C(=O)Nc2ccccc2C(=O)NCc2ccc(C(=O)N3CCCCC3)cc2)cc1. The lowest BCUT2D eigenvalue weighted by Gasteiger charge is -2.26. The minimum atomic E-state index is -0.318. The molecule has 1 fully saturated rings. The molecule has 7 nitrogen and oxygen atoms in total. The lowest BCUT2D eigenvalue weighted by molar-refractivity contribution is 0.0724. The summed E-state index contributed by atoms with van der Waals surface area (Å²) < 4.78 is 5.12. The van der Waals surface area contributed by atoms with Gasteiger partial charge >= 0.3 is 0 Å². The molecule has 1 saturated heterocycles. The van der Waals surface area contributed by atoms with E-state index in [0.717, 1.165) is 31.5 Å². The molecule has 0 spiro atoms. The third-order valence-electron chi connectivity index (χ3n) is 6.07. The Hall–Kier alpha value is -4.13. The van der Waals surface area contributed by atoms with Crippen molar-refractivity contribution in [2.75, 3.05) is 25.5 Å². The van der Waals surface area contributed by atoms with Crippen LogP contribution in [0.1, 0.15) is 55.9 Å². The van der Waals surface area contributed by atoms with Gasteiger partial charge in [-0.3, -0.25) is 14.4 Å². The van der Waals surface area contributed by atoms with E-state index < -0.39 is 0 Å². The summed E-state index contributed by atoms with van der Waals surface area (Å²) in [7, 11) is 1.56. The predicted molar refractivity (Wildman–Crippen MR) is 135 cm³/mol. The van der Waals surface area contributed by atoms with Gasteiger partial charge in [-0.05, 0) is 73.4 Å². The van der Waals surface area contributed by atoms with Gasteiger partial charge in [0, 0.05) is 30.8 Å². The quantitative estimate of drug-likeness (QED) is 0.531. The fourth-order valence-corrected chi connectivity index (χ4v) is 4.05. The van der Waals surface area contributed by atoms with Gasteiger partial charge in [0.05, 0.1) is 18.4 Å². The third-order valence-corrected chi connectivity index (χ3v) is 6.07. The van der Waals surface area contributed by atoms with Gasteiger partial charge in [-0.15, -0.1) is 0 Å². The number of anilines is 1. The zero-order valence-electron chi connectivity index (χ0n) is 19.8. The van der Waals surface area contributed by atoms with Crippen molar-refractivity contribution < 1.29 is 19.1 Å². The lowest BCUT2D eigenvalue weighted by Crippen LogP contribution is -2.35. The number of benzene rings is 3. The molecular formula is C28H29N3O4. The summed E-state index contributed by atoms with van der Waals surface area (Å²) in [5, 5.41) is 5.71. The maximum atomic E-state index is 12.9. The summed E-state index contributed by atoms with van der Waals surface area (Å²) in [6.45, 7) is 1.92. The Morgan fingerprint density at radius 3 is 2.14 bits per heavy atom. The highest BCUT2D eigenvalue weighted by molar-refractivity contribution is 6.09. The minimum absolute atomic E-state index is 0.0572. The highest BCUT2D eigenvalue weighted by atomic mass is 16.5. The van der Waals surface area contributed by atoms with Crippen LogP contribution in [-0.2, 0) is 6.54 Å². The van der Waals surface area contributed by atoms with Crippen molar-refractivity contribution in [3.63, 3.8) is 0 Å². The van der Waals surface area contributed by atoms with Gasteiger partial charge in [0.15, 0.2) is 0 Å². The molecule has 0 aliphatic carbocycles. The van der Waals surface area contributed by atoms with Gasteiger partial charge in [-0.25, -0.2) is 0 Å². The van der Waals surface area contributed by atoms with E-state index in [9.17, 15) is 14.4 Å². The topological polar surface area (TPSA) is 87.7 Å². The maximum absolute atomic E-state index is 12.9. The highest BCUT2D eigenvalue weighted by Crippen LogP contribution is 2.18. The molecule has 1 heterocycles. The molecule has 4 rings (SSSR count).